The van der Waals surface area contributed by atoms with Crippen molar-refractivity contribution in [2.75, 3.05) is 6.54 Å². The first-order chi connectivity index (χ1) is 6.88. The van der Waals surface area contributed by atoms with E-state index in [9.17, 15) is 0 Å². The molecule has 1 saturated heterocycles. The maximum absolute atomic E-state index is 4.64. The Kier molecular flexibility index (Phi) is 3.54. The zero-order chi connectivity index (χ0) is 9.80. The molecule has 1 aromatic rings. The number of hydrogen-bond acceptors (Lipinski definition) is 3. The molecule has 1 unspecified atom stereocenters. The maximum Gasteiger partial charge on any atom is 0.0943 e. The predicted octanol–water partition coefficient (Wildman–Crippen LogP) is 2.39. The van der Waals surface area contributed by atoms with Crippen molar-refractivity contribution in [1.82, 2.24) is 10.3 Å². The van der Waals surface area contributed by atoms with E-state index in [1.807, 2.05) is 11.3 Å². The van der Waals surface area contributed by atoms with Crippen molar-refractivity contribution in [1.29, 1.82) is 0 Å². The average Bonchev–Trinajstić information content (AvgIpc) is 2.79. The number of hydrogen-bond donors (Lipinski definition) is 1. The normalized spacial score (nSPS) is 21.6. The fourth-order valence-corrected chi connectivity index (χ4v) is 2.87. The monoisotopic (exact) mass is 210 g/mol. The number of thiazole rings is 1. The number of nitrogens with zero attached hydrogens (tertiary/aromatic N) is 1. The van der Waals surface area contributed by atoms with E-state index in [0.717, 1.165) is 12.8 Å². The van der Waals surface area contributed by atoms with Crippen molar-refractivity contribution in [2.24, 2.45) is 0 Å². The van der Waals surface area contributed by atoms with Gasteiger partial charge in [0.05, 0.1) is 10.7 Å². The molecule has 1 aliphatic rings. The minimum absolute atomic E-state index is 0.690. The molecule has 2 heterocycles. The SMILES string of the molecule is CCCc1csc(CC2CCCN2)n1. The van der Waals surface area contributed by atoms with Crippen LogP contribution in [0.4, 0.5) is 0 Å². The van der Waals surface area contributed by atoms with Crippen LogP contribution < -0.4 is 5.32 Å². The second kappa shape index (κ2) is 4.89. The van der Waals surface area contributed by atoms with Crippen LogP contribution in [0.3, 0.4) is 0 Å². The van der Waals surface area contributed by atoms with Crippen LogP contribution in [0.15, 0.2) is 5.38 Å². The van der Waals surface area contributed by atoms with Gasteiger partial charge in [-0.1, -0.05) is 13.3 Å². The quantitative estimate of drug-likeness (QED) is 0.825. The van der Waals surface area contributed by atoms with Gasteiger partial charge in [-0.15, -0.1) is 11.3 Å². The van der Waals surface area contributed by atoms with Crippen LogP contribution >= 0.6 is 11.3 Å². The predicted molar refractivity (Wildman–Crippen MR) is 60.8 cm³/mol. The molecule has 3 heteroatoms. The summed E-state index contributed by atoms with van der Waals surface area (Å²) < 4.78 is 0. The molecule has 1 N–H and O–H groups in total. The first-order valence-electron chi connectivity index (χ1n) is 5.55. The molecule has 0 aliphatic carbocycles. The summed E-state index contributed by atoms with van der Waals surface area (Å²) in [4.78, 5) is 4.64. The second-order valence-electron chi connectivity index (χ2n) is 3.98. The lowest BCUT2D eigenvalue weighted by Crippen LogP contribution is -2.23. The van der Waals surface area contributed by atoms with Crippen LogP contribution in [0, 0.1) is 0 Å². The van der Waals surface area contributed by atoms with Gasteiger partial charge in [-0.25, -0.2) is 4.98 Å². The molecular weight excluding hydrogens is 192 g/mol. The Balaban J connectivity index is 1.88. The molecule has 0 spiro atoms. The number of aryl methyl sites for hydroxylation is 1. The van der Waals surface area contributed by atoms with Gasteiger partial charge >= 0.3 is 0 Å². The zero-order valence-electron chi connectivity index (χ0n) is 8.75. The van der Waals surface area contributed by atoms with Gasteiger partial charge in [-0.3, -0.25) is 0 Å². The molecule has 1 atom stereocenters. The van der Waals surface area contributed by atoms with Gasteiger partial charge in [-0.05, 0) is 25.8 Å². The van der Waals surface area contributed by atoms with Crippen molar-refractivity contribution in [3.63, 3.8) is 0 Å². The van der Waals surface area contributed by atoms with Crippen LogP contribution in [0.25, 0.3) is 0 Å². The van der Waals surface area contributed by atoms with E-state index >= 15 is 0 Å². The standard InChI is InChI=1S/C11H18N2S/c1-2-4-10-8-14-11(13-10)7-9-5-3-6-12-9/h8-9,12H,2-7H2,1H3. The van der Waals surface area contributed by atoms with Crippen molar-refractivity contribution in [3.05, 3.63) is 16.1 Å². The summed E-state index contributed by atoms with van der Waals surface area (Å²) >= 11 is 1.83. The van der Waals surface area contributed by atoms with Gasteiger partial charge in [0.2, 0.25) is 0 Å². The van der Waals surface area contributed by atoms with Crippen molar-refractivity contribution < 1.29 is 0 Å². The van der Waals surface area contributed by atoms with Crippen LogP contribution in [0.2, 0.25) is 0 Å². The number of rotatable bonds is 4. The zero-order valence-corrected chi connectivity index (χ0v) is 9.57. The Morgan fingerprint density at radius 1 is 1.64 bits per heavy atom. The molecule has 0 bridgehead atoms. The van der Waals surface area contributed by atoms with Crippen molar-refractivity contribution >= 4 is 11.3 Å². The second-order valence-corrected chi connectivity index (χ2v) is 4.92. The van der Waals surface area contributed by atoms with Gasteiger partial charge < -0.3 is 5.32 Å². The summed E-state index contributed by atoms with van der Waals surface area (Å²) in [5, 5.41) is 7.04. The lowest BCUT2D eigenvalue weighted by atomic mass is 10.2. The van der Waals surface area contributed by atoms with Gasteiger partial charge in [-0.2, -0.15) is 0 Å². The molecule has 78 valence electrons. The minimum atomic E-state index is 0.690. The van der Waals surface area contributed by atoms with Crippen LogP contribution in [-0.4, -0.2) is 17.6 Å². The molecule has 1 fully saturated rings. The molecule has 0 radical (unpaired) electrons. The Hall–Kier alpha value is -0.410. The van der Waals surface area contributed by atoms with E-state index in [4.69, 9.17) is 0 Å². The summed E-state index contributed by atoms with van der Waals surface area (Å²) in [6, 6.07) is 0.690. The average molecular weight is 210 g/mol. The fraction of sp³-hybridized carbons (Fsp3) is 0.727. The smallest absolute Gasteiger partial charge is 0.0943 e. The largest absolute Gasteiger partial charge is 0.314 e. The summed E-state index contributed by atoms with van der Waals surface area (Å²) in [7, 11) is 0. The highest BCUT2D eigenvalue weighted by Crippen LogP contribution is 2.16. The summed E-state index contributed by atoms with van der Waals surface area (Å²) in [5.74, 6) is 0. The Labute approximate surface area is 89.8 Å². The topological polar surface area (TPSA) is 24.9 Å². The molecular formula is C11H18N2S. The Bertz CT molecular complexity index is 277. The van der Waals surface area contributed by atoms with Gasteiger partial charge in [0.25, 0.3) is 0 Å². The first-order valence-corrected chi connectivity index (χ1v) is 6.43. The molecule has 14 heavy (non-hydrogen) atoms. The summed E-state index contributed by atoms with van der Waals surface area (Å²) in [6.07, 6.45) is 6.12. The van der Waals surface area contributed by atoms with Gasteiger partial charge in [0.1, 0.15) is 0 Å². The third-order valence-electron chi connectivity index (χ3n) is 2.69. The van der Waals surface area contributed by atoms with Crippen molar-refractivity contribution in [3.8, 4) is 0 Å². The molecule has 2 nitrogen and oxygen atoms in total. The highest BCUT2D eigenvalue weighted by Gasteiger charge is 2.15. The lowest BCUT2D eigenvalue weighted by molar-refractivity contribution is 0.600. The number of aromatic nitrogens is 1. The van der Waals surface area contributed by atoms with Crippen LogP contribution in [0.5, 0.6) is 0 Å². The fourth-order valence-electron chi connectivity index (χ4n) is 1.96. The van der Waals surface area contributed by atoms with E-state index in [0.29, 0.717) is 6.04 Å². The van der Waals surface area contributed by atoms with Gasteiger partial charge in [0, 0.05) is 17.8 Å². The summed E-state index contributed by atoms with van der Waals surface area (Å²) in [6.45, 7) is 3.40. The lowest BCUT2D eigenvalue weighted by Gasteiger charge is -2.06. The maximum atomic E-state index is 4.64. The Morgan fingerprint density at radius 3 is 3.29 bits per heavy atom. The van der Waals surface area contributed by atoms with E-state index in [1.54, 1.807) is 0 Å². The highest BCUT2D eigenvalue weighted by molar-refractivity contribution is 7.09. The third kappa shape index (κ3) is 2.55. The first kappa shape index (κ1) is 10.1. The van der Waals surface area contributed by atoms with E-state index in [-0.39, 0.29) is 0 Å². The molecule has 1 aliphatic heterocycles. The molecule has 0 amide bonds. The molecule has 0 aromatic carbocycles. The van der Waals surface area contributed by atoms with E-state index < -0.39 is 0 Å². The van der Waals surface area contributed by atoms with Gasteiger partial charge in [0.15, 0.2) is 0 Å². The highest BCUT2D eigenvalue weighted by atomic mass is 32.1. The molecule has 0 saturated carbocycles. The molecule has 1 aromatic heterocycles. The summed E-state index contributed by atoms with van der Waals surface area (Å²) in [5.41, 5.74) is 1.28. The molecule has 2 rings (SSSR count). The van der Waals surface area contributed by atoms with Crippen molar-refractivity contribution in [2.45, 2.75) is 45.1 Å². The van der Waals surface area contributed by atoms with Crippen LogP contribution in [0.1, 0.15) is 36.9 Å². The number of nitrogens with one attached hydrogen (secondary N) is 1. The van der Waals surface area contributed by atoms with E-state index in [1.165, 1.54) is 36.5 Å². The Morgan fingerprint density at radius 2 is 2.57 bits per heavy atom. The van der Waals surface area contributed by atoms with E-state index in [2.05, 4.69) is 22.6 Å². The minimum Gasteiger partial charge on any atom is -0.314 e. The third-order valence-corrected chi connectivity index (χ3v) is 3.61. The van der Waals surface area contributed by atoms with Crippen LogP contribution in [-0.2, 0) is 12.8 Å².